The molecule has 1 unspecified atom stereocenters. The summed E-state index contributed by atoms with van der Waals surface area (Å²) in [5.41, 5.74) is 0.493. The van der Waals surface area contributed by atoms with E-state index in [1.165, 1.54) is 8.99 Å². The van der Waals surface area contributed by atoms with Gasteiger partial charge in [-0.2, -0.15) is 9.40 Å². The van der Waals surface area contributed by atoms with E-state index >= 15 is 0 Å². The van der Waals surface area contributed by atoms with Crippen LogP contribution >= 0.6 is 15.9 Å². The Labute approximate surface area is 177 Å². The van der Waals surface area contributed by atoms with E-state index in [0.717, 1.165) is 16.6 Å². The first-order chi connectivity index (χ1) is 13.9. The molecule has 1 atom stereocenters. The molecule has 1 fully saturated rings. The molecule has 0 saturated carbocycles. The van der Waals surface area contributed by atoms with Crippen LogP contribution < -0.4 is 5.69 Å². The van der Waals surface area contributed by atoms with Gasteiger partial charge in [0.25, 0.3) is 0 Å². The third kappa shape index (κ3) is 3.82. The van der Waals surface area contributed by atoms with Crippen LogP contribution in [0.5, 0.6) is 0 Å². The van der Waals surface area contributed by atoms with Gasteiger partial charge in [-0.1, -0.05) is 34.1 Å². The third-order valence-corrected chi connectivity index (χ3v) is 7.57. The Balaban J connectivity index is 1.69. The van der Waals surface area contributed by atoms with Gasteiger partial charge in [0.1, 0.15) is 5.82 Å². The van der Waals surface area contributed by atoms with Crippen LogP contribution in [0.2, 0.25) is 0 Å². The number of para-hydroxylation sites is 1. The zero-order valence-corrected chi connectivity index (χ0v) is 18.3. The molecule has 0 bridgehead atoms. The van der Waals surface area contributed by atoms with Gasteiger partial charge >= 0.3 is 5.69 Å². The molecule has 3 aromatic rings. The van der Waals surface area contributed by atoms with Crippen molar-refractivity contribution < 1.29 is 8.42 Å². The van der Waals surface area contributed by atoms with E-state index < -0.39 is 10.0 Å². The first-order valence-corrected chi connectivity index (χ1v) is 11.6. The largest absolute Gasteiger partial charge is 0.350 e. The topological polar surface area (TPSA) is 77.2 Å². The summed E-state index contributed by atoms with van der Waals surface area (Å²) in [6, 6.07) is 16.0. The van der Waals surface area contributed by atoms with E-state index in [9.17, 15) is 13.2 Å². The van der Waals surface area contributed by atoms with E-state index in [2.05, 4.69) is 21.0 Å². The SMILES string of the molecule is Cn1nc(C2CCCN(S(=O)(=O)c3ccc(Br)cc3)C2)n(-c2ccccc2)c1=O. The van der Waals surface area contributed by atoms with E-state index in [0.29, 0.717) is 25.3 Å². The molecule has 7 nitrogen and oxygen atoms in total. The Bertz CT molecular complexity index is 1170. The van der Waals surface area contributed by atoms with Gasteiger partial charge in [0.2, 0.25) is 10.0 Å². The number of sulfonamides is 1. The number of piperidine rings is 1. The highest BCUT2D eigenvalue weighted by molar-refractivity contribution is 9.10. The number of aromatic nitrogens is 3. The van der Waals surface area contributed by atoms with Crippen molar-refractivity contribution in [3.63, 3.8) is 0 Å². The van der Waals surface area contributed by atoms with Crippen molar-refractivity contribution in [1.82, 2.24) is 18.7 Å². The summed E-state index contributed by atoms with van der Waals surface area (Å²) < 4.78 is 31.5. The maximum atomic E-state index is 13.1. The van der Waals surface area contributed by atoms with Gasteiger partial charge in [-0.3, -0.25) is 0 Å². The normalized spacial score (nSPS) is 18.1. The number of halogens is 1. The molecule has 152 valence electrons. The molecular weight excluding hydrogens is 456 g/mol. The fraction of sp³-hybridized carbons (Fsp3) is 0.300. The molecule has 4 rings (SSSR count). The van der Waals surface area contributed by atoms with Crippen LogP contribution in [0.1, 0.15) is 24.6 Å². The second kappa shape index (κ2) is 7.89. The number of rotatable bonds is 4. The standard InChI is InChI=1S/C20H21BrN4O3S/c1-23-20(26)25(17-7-3-2-4-8-17)19(22-23)15-6-5-13-24(14-15)29(27,28)18-11-9-16(21)10-12-18/h2-4,7-12,15H,5-6,13-14H2,1H3. The molecule has 9 heteroatoms. The van der Waals surface area contributed by atoms with E-state index in [1.807, 2.05) is 30.3 Å². The third-order valence-electron chi connectivity index (χ3n) is 5.16. The lowest BCUT2D eigenvalue weighted by Gasteiger charge is -2.31. The minimum Gasteiger partial charge on any atom is -0.247 e. The lowest BCUT2D eigenvalue weighted by atomic mass is 9.98. The van der Waals surface area contributed by atoms with Gasteiger partial charge in [0, 0.05) is 30.5 Å². The number of nitrogens with zero attached hydrogens (tertiary/aromatic N) is 4. The van der Waals surface area contributed by atoms with Gasteiger partial charge < -0.3 is 0 Å². The van der Waals surface area contributed by atoms with Gasteiger partial charge in [-0.25, -0.2) is 22.5 Å². The quantitative estimate of drug-likeness (QED) is 0.579. The molecule has 2 aromatic carbocycles. The summed E-state index contributed by atoms with van der Waals surface area (Å²) in [7, 11) is -1.99. The van der Waals surface area contributed by atoms with Crippen molar-refractivity contribution in [2.75, 3.05) is 13.1 Å². The van der Waals surface area contributed by atoms with E-state index in [4.69, 9.17) is 0 Å². The molecule has 0 spiro atoms. The number of hydrogen-bond acceptors (Lipinski definition) is 4. The van der Waals surface area contributed by atoms with Crippen LogP contribution in [0, 0.1) is 0 Å². The smallest absolute Gasteiger partial charge is 0.247 e. The molecule has 2 heterocycles. The van der Waals surface area contributed by atoms with Gasteiger partial charge in [-0.05, 0) is 49.2 Å². The molecule has 0 N–H and O–H groups in total. The van der Waals surface area contributed by atoms with Crippen LogP contribution in [0.4, 0.5) is 0 Å². The van der Waals surface area contributed by atoms with Crippen LogP contribution in [0.25, 0.3) is 5.69 Å². The fourth-order valence-electron chi connectivity index (χ4n) is 3.70. The number of benzene rings is 2. The summed E-state index contributed by atoms with van der Waals surface area (Å²) in [5.74, 6) is 0.433. The van der Waals surface area contributed by atoms with Crippen LogP contribution in [0.3, 0.4) is 0 Å². The summed E-state index contributed by atoms with van der Waals surface area (Å²) in [4.78, 5) is 13.0. The summed E-state index contributed by atoms with van der Waals surface area (Å²) in [6.45, 7) is 0.749. The molecule has 29 heavy (non-hydrogen) atoms. The van der Waals surface area contributed by atoms with Crippen molar-refractivity contribution in [2.24, 2.45) is 7.05 Å². The molecule has 1 aliphatic rings. The van der Waals surface area contributed by atoms with Crippen LogP contribution in [-0.2, 0) is 17.1 Å². The molecule has 1 aromatic heterocycles. The Kier molecular flexibility index (Phi) is 5.46. The Morgan fingerprint density at radius 2 is 1.76 bits per heavy atom. The Morgan fingerprint density at radius 3 is 2.45 bits per heavy atom. The Morgan fingerprint density at radius 1 is 1.07 bits per heavy atom. The molecule has 0 aliphatic carbocycles. The lowest BCUT2D eigenvalue weighted by Crippen LogP contribution is -2.40. The number of aryl methyl sites for hydroxylation is 1. The van der Waals surface area contributed by atoms with E-state index in [1.54, 1.807) is 35.9 Å². The molecule has 1 saturated heterocycles. The first-order valence-electron chi connectivity index (χ1n) is 9.35. The molecule has 0 amide bonds. The molecule has 1 aliphatic heterocycles. The van der Waals surface area contributed by atoms with Gasteiger partial charge in [0.15, 0.2) is 0 Å². The minimum absolute atomic E-state index is 0.164. The first kappa shape index (κ1) is 20.1. The highest BCUT2D eigenvalue weighted by Crippen LogP contribution is 2.30. The number of hydrogen-bond donors (Lipinski definition) is 0. The summed E-state index contributed by atoms with van der Waals surface area (Å²) >= 11 is 3.34. The second-order valence-corrected chi connectivity index (χ2v) is 9.95. The fourth-order valence-corrected chi connectivity index (χ4v) is 5.48. The average molecular weight is 477 g/mol. The highest BCUT2D eigenvalue weighted by Gasteiger charge is 2.33. The zero-order chi connectivity index (χ0) is 20.6. The van der Waals surface area contributed by atoms with Crippen LogP contribution in [0.15, 0.2) is 68.8 Å². The summed E-state index contributed by atoms with van der Waals surface area (Å²) in [5, 5.41) is 4.45. The van der Waals surface area contributed by atoms with Gasteiger partial charge in [0.05, 0.1) is 10.6 Å². The van der Waals surface area contributed by atoms with Crippen molar-refractivity contribution in [3.05, 3.63) is 75.4 Å². The maximum Gasteiger partial charge on any atom is 0.350 e. The maximum absolute atomic E-state index is 13.1. The predicted molar refractivity (Wildman–Crippen MR) is 114 cm³/mol. The molecule has 0 radical (unpaired) electrons. The monoisotopic (exact) mass is 476 g/mol. The summed E-state index contributed by atoms with van der Waals surface area (Å²) in [6.07, 6.45) is 1.48. The molecular formula is C20H21BrN4O3S. The van der Waals surface area contributed by atoms with Crippen LogP contribution in [-0.4, -0.2) is 40.2 Å². The average Bonchev–Trinajstić information content (AvgIpc) is 3.04. The van der Waals surface area contributed by atoms with Crippen molar-refractivity contribution >= 4 is 26.0 Å². The van der Waals surface area contributed by atoms with Gasteiger partial charge in [-0.15, -0.1) is 0 Å². The van der Waals surface area contributed by atoms with Crippen molar-refractivity contribution in [2.45, 2.75) is 23.7 Å². The predicted octanol–water partition coefficient (Wildman–Crippen LogP) is 2.90. The van der Waals surface area contributed by atoms with Crippen molar-refractivity contribution in [3.8, 4) is 5.69 Å². The highest BCUT2D eigenvalue weighted by atomic mass is 79.9. The minimum atomic E-state index is -3.61. The zero-order valence-electron chi connectivity index (χ0n) is 15.9. The second-order valence-electron chi connectivity index (χ2n) is 7.09. The van der Waals surface area contributed by atoms with E-state index in [-0.39, 0.29) is 16.5 Å². The Hall–Kier alpha value is -2.23. The lowest BCUT2D eigenvalue weighted by molar-refractivity contribution is 0.307. The van der Waals surface area contributed by atoms with Crippen molar-refractivity contribution in [1.29, 1.82) is 0 Å².